The summed E-state index contributed by atoms with van der Waals surface area (Å²) in [4.78, 5) is 0. The molecular formula is C24H24. The van der Waals surface area contributed by atoms with Crippen molar-refractivity contribution in [1.29, 1.82) is 0 Å². The number of benzene rings is 3. The Morgan fingerprint density at radius 3 is 2.21 bits per heavy atom. The summed E-state index contributed by atoms with van der Waals surface area (Å²) in [5.41, 5.74) is 7.80. The number of fused-ring (bicyclic) bond motifs is 1. The van der Waals surface area contributed by atoms with Crippen molar-refractivity contribution >= 4 is 16.3 Å². The van der Waals surface area contributed by atoms with E-state index in [4.69, 9.17) is 0 Å². The molecule has 0 saturated heterocycles. The third kappa shape index (κ3) is 3.19. The fourth-order valence-electron chi connectivity index (χ4n) is 3.30. The second-order valence-corrected chi connectivity index (χ2v) is 6.46. The molecule has 3 aromatic carbocycles. The highest BCUT2D eigenvalue weighted by Gasteiger charge is 2.11. The molecule has 0 aliphatic carbocycles. The van der Waals surface area contributed by atoms with Crippen LogP contribution >= 0.6 is 0 Å². The Kier molecular flexibility index (Phi) is 4.66. The zero-order valence-electron chi connectivity index (χ0n) is 14.9. The third-order valence-corrected chi connectivity index (χ3v) is 4.39. The minimum atomic E-state index is 1.27. The molecule has 3 rings (SSSR count). The first-order valence-electron chi connectivity index (χ1n) is 8.50. The van der Waals surface area contributed by atoms with E-state index in [9.17, 15) is 0 Å². The van der Waals surface area contributed by atoms with Crippen LogP contribution < -0.4 is 0 Å². The molecule has 0 amide bonds. The molecule has 0 fully saturated rings. The first-order valence-corrected chi connectivity index (χ1v) is 8.50. The maximum atomic E-state index is 2.30. The maximum absolute atomic E-state index is 2.30. The van der Waals surface area contributed by atoms with Crippen molar-refractivity contribution in [1.82, 2.24) is 0 Å². The minimum Gasteiger partial charge on any atom is -0.0877 e. The van der Waals surface area contributed by atoms with Crippen LogP contribution in [0, 0.1) is 13.8 Å². The third-order valence-electron chi connectivity index (χ3n) is 4.39. The molecule has 0 bridgehead atoms. The first-order chi connectivity index (χ1) is 11.6. The molecule has 0 radical (unpaired) electrons. The van der Waals surface area contributed by atoms with Gasteiger partial charge in [-0.1, -0.05) is 72.8 Å². The highest BCUT2D eigenvalue weighted by molar-refractivity contribution is 6.04. The summed E-state index contributed by atoms with van der Waals surface area (Å²) in [6.07, 6.45) is 6.38. The second-order valence-electron chi connectivity index (χ2n) is 6.46. The first kappa shape index (κ1) is 16.3. The molecule has 0 nitrogen and oxygen atoms in total. The van der Waals surface area contributed by atoms with Crippen LogP contribution in [-0.2, 0) is 0 Å². The van der Waals surface area contributed by atoms with Gasteiger partial charge in [-0.15, -0.1) is 0 Å². The van der Waals surface area contributed by atoms with Crippen molar-refractivity contribution in [2.45, 2.75) is 27.7 Å². The van der Waals surface area contributed by atoms with Crippen molar-refractivity contribution in [3.63, 3.8) is 0 Å². The topological polar surface area (TPSA) is 0 Å². The molecule has 0 N–H and O–H groups in total. The normalized spacial score (nSPS) is 12.2. The Labute approximate surface area is 145 Å². The van der Waals surface area contributed by atoms with Crippen LogP contribution in [0.1, 0.15) is 30.5 Å². The quantitative estimate of drug-likeness (QED) is 0.452. The molecule has 0 unspecified atom stereocenters. The zero-order valence-corrected chi connectivity index (χ0v) is 14.9. The van der Waals surface area contributed by atoms with Crippen LogP contribution in [0.4, 0.5) is 0 Å². The van der Waals surface area contributed by atoms with Gasteiger partial charge in [-0.2, -0.15) is 0 Å². The summed E-state index contributed by atoms with van der Waals surface area (Å²) in [6, 6.07) is 19.9. The highest BCUT2D eigenvalue weighted by atomic mass is 14.2. The van der Waals surface area contributed by atoms with Crippen LogP contribution in [-0.4, -0.2) is 0 Å². The van der Waals surface area contributed by atoms with Crippen LogP contribution in [0.2, 0.25) is 0 Å². The van der Waals surface area contributed by atoms with E-state index in [2.05, 4.69) is 101 Å². The summed E-state index contributed by atoms with van der Waals surface area (Å²) >= 11 is 0. The van der Waals surface area contributed by atoms with Gasteiger partial charge in [-0.25, -0.2) is 0 Å². The lowest BCUT2D eigenvalue weighted by Gasteiger charge is -2.15. The number of hydrogen-bond acceptors (Lipinski definition) is 0. The van der Waals surface area contributed by atoms with E-state index in [-0.39, 0.29) is 0 Å². The van der Waals surface area contributed by atoms with Crippen LogP contribution in [0.25, 0.3) is 27.5 Å². The fourth-order valence-corrected chi connectivity index (χ4v) is 3.30. The van der Waals surface area contributed by atoms with Gasteiger partial charge < -0.3 is 0 Å². The standard InChI is InChI=1S/C24H24/c1-5-6-10-19(4)22-15-17(2)13-21-14-18(3)16-23(24(21)22)20-11-8-7-9-12-20/h5-16H,1-4H3/b6-5-,19-10+. The Hall–Kier alpha value is -2.60. The Morgan fingerprint density at radius 2 is 1.54 bits per heavy atom. The average molecular weight is 312 g/mol. The van der Waals surface area contributed by atoms with Gasteiger partial charge in [0, 0.05) is 0 Å². The van der Waals surface area contributed by atoms with Gasteiger partial charge >= 0.3 is 0 Å². The van der Waals surface area contributed by atoms with E-state index in [0.29, 0.717) is 0 Å². The number of rotatable bonds is 3. The fraction of sp³-hybridized carbons (Fsp3) is 0.167. The number of aryl methyl sites for hydroxylation is 2. The molecule has 120 valence electrons. The monoisotopic (exact) mass is 312 g/mol. The molecular weight excluding hydrogens is 288 g/mol. The van der Waals surface area contributed by atoms with Crippen molar-refractivity contribution < 1.29 is 0 Å². The van der Waals surface area contributed by atoms with Crippen molar-refractivity contribution in [2.24, 2.45) is 0 Å². The van der Waals surface area contributed by atoms with Crippen LogP contribution in [0.15, 0.2) is 72.8 Å². The molecule has 0 heterocycles. The maximum Gasteiger partial charge on any atom is -0.00298 e. The minimum absolute atomic E-state index is 1.27. The summed E-state index contributed by atoms with van der Waals surface area (Å²) in [5.74, 6) is 0. The van der Waals surface area contributed by atoms with E-state index in [1.165, 1.54) is 44.2 Å². The molecule has 24 heavy (non-hydrogen) atoms. The zero-order chi connectivity index (χ0) is 17.1. The predicted molar refractivity (Wildman–Crippen MR) is 107 cm³/mol. The van der Waals surface area contributed by atoms with Gasteiger partial charge in [-0.05, 0) is 71.9 Å². The molecule has 0 aromatic heterocycles. The van der Waals surface area contributed by atoms with E-state index in [0.717, 1.165) is 0 Å². The van der Waals surface area contributed by atoms with Crippen LogP contribution in [0.3, 0.4) is 0 Å². The predicted octanol–water partition coefficient (Wildman–Crippen LogP) is 7.10. The van der Waals surface area contributed by atoms with Gasteiger partial charge in [0.15, 0.2) is 0 Å². The Morgan fingerprint density at radius 1 is 0.875 bits per heavy atom. The Bertz CT molecular complexity index is 920. The van der Waals surface area contributed by atoms with Gasteiger partial charge in [0.1, 0.15) is 0 Å². The number of allylic oxidation sites excluding steroid dienone is 4. The summed E-state index contributed by atoms with van der Waals surface area (Å²) in [5, 5.41) is 2.66. The molecule has 3 aromatic rings. The molecule has 0 heteroatoms. The molecule has 0 saturated carbocycles. The lowest BCUT2D eigenvalue weighted by molar-refractivity contribution is 1.45. The average Bonchev–Trinajstić information content (AvgIpc) is 2.58. The lowest BCUT2D eigenvalue weighted by atomic mass is 9.89. The summed E-state index contributed by atoms with van der Waals surface area (Å²) < 4.78 is 0. The van der Waals surface area contributed by atoms with E-state index in [1.54, 1.807) is 0 Å². The van der Waals surface area contributed by atoms with Crippen molar-refractivity contribution in [2.75, 3.05) is 0 Å². The molecule has 0 aliphatic heterocycles. The van der Waals surface area contributed by atoms with Gasteiger partial charge in [0.05, 0.1) is 0 Å². The second kappa shape index (κ2) is 6.88. The van der Waals surface area contributed by atoms with E-state index in [1.807, 2.05) is 0 Å². The summed E-state index contributed by atoms with van der Waals surface area (Å²) in [6.45, 7) is 8.60. The van der Waals surface area contributed by atoms with Gasteiger partial charge in [0.2, 0.25) is 0 Å². The van der Waals surface area contributed by atoms with E-state index < -0.39 is 0 Å². The largest absolute Gasteiger partial charge is 0.0877 e. The highest BCUT2D eigenvalue weighted by Crippen LogP contribution is 2.36. The van der Waals surface area contributed by atoms with E-state index >= 15 is 0 Å². The van der Waals surface area contributed by atoms with Crippen LogP contribution in [0.5, 0.6) is 0 Å². The SMILES string of the molecule is C/C=C\C=C(/C)c1cc(C)cc2cc(C)cc(-c3ccccc3)c12. The Balaban J connectivity index is 2.40. The lowest BCUT2D eigenvalue weighted by Crippen LogP contribution is -1.91. The number of hydrogen-bond donors (Lipinski definition) is 0. The molecule has 0 aliphatic rings. The molecule has 0 atom stereocenters. The summed E-state index contributed by atoms with van der Waals surface area (Å²) in [7, 11) is 0. The van der Waals surface area contributed by atoms with Crippen molar-refractivity contribution in [3.8, 4) is 11.1 Å². The van der Waals surface area contributed by atoms with Gasteiger partial charge in [0.25, 0.3) is 0 Å². The van der Waals surface area contributed by atoms with Gasteiger partial charge in [-0.3, -0.25) is 0 Å². The molecule has 0 spiro atoms. The van der Waals surface area contributed by atoms with Crippen molar-refractivity contribution in [3.05, 3.63) is 89.5 Å². The smallest absolute Gasteiger partial charge is 0.00298 e.